The third-order valence-electron chi connectivity index (χ3n) is 4.93. The molecule has 2 atom stereocenters. The van der Waals surface area contributed by atoms with Crippen molar-refractivity contribution >= 4 is 45.5 Å². The van der Waals surface area contributed by atoms with Crippen LogP contribution in [0.3, 0.4) is 0 Å². The molecule has 3 heterocycles. The minimum absolute atomic E-state index is 0.0941. The molecule has 10 heteroatoms. The zero-order valence-corrected chi connectivity index (χ0v) is 18.1. The van der Waals surface area contributed by atoms with Crippen molar-refractivity contribution < 1.29 is 23.7 Å². The predicted molar refractivity (Wildman–Crippen MR) is 117 cm³/mol. The Morgan fingerprint density at radius 1 is 1.26 bits per heavy atom. The quantitative estimate of drug-likeness (QED) is 0.511. The number of ether oxygens (including phenoxy) is 3. The van der Waals surface area contributed by atoms with Crippen LogP contribution in [0.15, 0.2) is 39.8 Å². The summed E-state index contributed by atoms with van der Waals surface area (Å²) in [6.07, 6.45) is 4.17. The summed E-state index contributed by atoms with van der Waals surface area (Å²) >= 11 is 12.4. The third-order valence-corrected chi connectivity index (χ3v) is 5.50. The number of aliphatic hydroxyl groups is 1. The van der Waals surface area contributed by atoms with Crippen molar-refractivity contribution in [2.24, 2.45) is 0 Å². The first kappa shape index (κ1) is 21.7. The average Bonchev–Trinajstić information content (AvgIpc) is 2.77. The minimum atomic E-state index is -0.614. The van der Waals surface area contributed by atoms with Crippen molar-refractivity contribution in [3.63, 3.8) is 0 Å². The van der Waals surface area contributed by atoms with Gasteiger partial charge in [0.1, 0.15) is 0 Å². The van der Waals surface area contributed by atoms with Crippen LogP contribution in [-0.2, 0) is 4.74 Å². The van der Waals surface area contributed by atoms with E-state index in [0.29, 0.717) is 39.0 Å². The maximum Gasteiger partial charge on any atom is 0.338 e. The SMILES string of the molecule is COc1ccc2c(Nc3c(Cl)cncc3Cl)cc(=O)oc2c1OC1CCCC(CO)O1. The molecule has 1 saturated heterocycles. The van der Waals surface area contributed by atoms with Gasteiger partial charge in [0.05, 0.1) is 41.2 Å². The Kier molecular flexibility index (Phi) is 6.52. The van der Waals surface area contributed by atoms with E-state index in [1.165, 1.54) is 25.6 Å². The van der Waals surface area contributed by atoms with Crippen molar-refractivity contribution in [3.8, 4) is 11.5 Å². The molecular formula is C21H20Cl2N2O6. The zero-order valence-electron chi connectivity index (χ0n) is 16.6. The van der Waals surface area contributed by atoms with Gasteiger partial charge < -0.3 is 29.1 Å². The summed E-state index contributed by atoms with van der Waals surface area (Å²) in [7, 11) is 1.49. The van der Waals surface area contributed by atoms with E-state index in [-0.39, 0.29) is 24.0 Å². The largest absolute Gasteiger partial charge is 0.493 e. The van der Waals surface area contributed by atoms with Gasteiger partial charge in [-0.1, -0.05) is 23.2 Å². The number of aliphatic hydroxyl groups excluding tert-OH is 1. The molecular weight excluding hydrogens is 447 g/mol. The summed E-state index contributed by atoms with van der Waals surface area (Å²) in [5, 5.41) is 13.6. The van der Waals surface area contributed by atoms with Gasteiger partial charge in [0, 0.05) is 30.3 Å². The lowest BCUT2D eigenvalue weighted by Crippen LogP contribution is -2.33. The predicted octanol–water partition coefficient (Wildman–Crippen LogP) is 4.51. The fraction of sp³-hybridized carbons (Fsp3) is 0.333. The first-order valence-electron chi connectivity index (χ1n) is 9.64. The molecule has 2 unspecified atom stereocenters. The maximum atomic E-state index is 12.4. The molecule has 1 fully saturated rings. The van der Waals surface area contributed by atoms with E-state index in [9.17, 15) is 9.90 Å². The number of anilines is 2. The number of halogens is 2. The summed E-state index contributed by atoms with van der Waals surface area (Å²) < 4.78 is 22.7. The van der Waals surface area contributed by atoms with Crippen LogP contribution in [0.4, 0.5) is 11.4 Å². The molecule has 0 spiro atoms. The van der Waals surface area contributed by atoms with E-state index in [0.717, 1.165) is 12.8 Å². The Hall–Kier alpha value is -2.52. The molecule has 4 rings (SSSR count). The number of benzene rings is 1. The molecule has 0 saturated carbocycles. The van der Waals surface area contributed by atoms with E-state index in [1.54, 1.807) is 12.1 Å². The van der Waals surface area contributed by atoms with E-state index in [1.807, 2.05) is 0 Å². The molecule has 0 amide bonds. The van der Waals surface area contributed by atoms with Gasteiger partial charge in [-0.2, -0.15) is 0 Å². The Morgan fingerprint density at radius 3 is 2.74 bits per heavy atom. The fourth-order valence-electron chi connectivity index (χ4n) is 3.44. The minimum Gasteiger partial charge on any atom is -0.493 e. The van der Waals surface area contributed by atoms with Crippen LogP contribution in [0.2, 0.25) is 10.0 Å². The summed E-state index contributed by atoms with van der Waals surface area (Å²) in [5.74, 6) is 0.610. The molecule has 1 aromatic carbocycles. The van der Waals surface area contributed by atoms with E-state index in [2.05, 4.69) is 10.3 Å². The van der Waals surface area contributed by atoms with Crippen LogP contribution in [0.25, 0.3) is 11.0 Å². The molecule has 0 aliphatic carbocycles. The lowest BCUT2D eigenvalue weighted by Gasteiger charge is -2.29. The van der Waals surface area contributed by atoms with Crippen LogP contribution >= 0.6 is 23.2 Å². The number of nitrogens with zero attached hydrogens (tertiary/aromatic N) is 1. The van der Waals surface area contributed by atoms with E-state index >= 15 is 0 Å². The normalized spacial score (nSPS) is 18.7. The first-order valence-corrected chi connectivity index (χ1v) is 10.4. The van der Waals surface area contributed by atoms with Gasteiger partial charge in [-0.05, 0) is 25.0 Å². The van der Waals surface area contributed by atoms with Crippen LogP contribution in [0.1, 0.15) is 19.3 Å². The molecule has 1 aliphatic rings. The molecule has 164 valence electrons. The zero-order chi connectivity index (χ0) is 22.0. The molecule has 0 bridgehead atoms. The highest BCUT2D eigenvalue weighted by atomic mass is 35.5. The first-order chi connectivity index (χ1) is 15.0. The second-order valence-electron chi connectivity index (χ2n) is 6.97. The molecule has 0 radical (unpaired) electrons. The Labute approximate surface area is 187 Å². The average molecular weight is 467 g/mol. The van der Waals surface area contributed by atoms with E-state index in [4.69, 9.17) is 41.8 Å². The van der Waals surface area contributed by atoms with Gasteiger partial charge in [-0.15, -0.1) is 0 Å². The van der Waals surface area contributed by atoms with Gasteiger partial charge >= 0.3 is 5.63 Å². The molecule has 31 heavy (non-hydrogen) atoms. The van der Waals surface area contributed by atoms with Crippen LogP contribution < -0.4 is 20.4 Å². The van der Waals surface area contributed by atoms with Gasteiger partial charge in [0.2, 0.25) is 12.0 Å². The van der Waals surface area contributed by atoms with Gasteiger partial charge in [-0.3, -0.25) is 4.98 Å². The fourth-order valence-corrected chi connectivity index (χ4v) is 3.90. The van der Waals surface area contributed by atoms with Crippen molar-refractivity contribution in [1.82, 2.24) is 4.98 Å². The molecule has 2 aromatic heterocycles. The van der Waals surface area contributed by atoms with Gasteiger partial charge in [0.15, 0.2) is 11.3 Å². The Balaban J connectivity index is 1.78. The Bertz CT molecular complexity index is 1130. The monoisotopic (exact) mass is 466 g/mol. The van der Waals surface area contributed by atoms with Crippen molar-refractivity contribution in [3.05, 3.63) is 51.1 Å². The number of hydrogen-bond acceptors (Lipinski definition) is 8. The third kappa shape index (κ3) is 4.57. The number of rotatable bonds is 6. The topological polar surface area (TPSA) is 103 Å². The molecule has 8 nitrogen and oxygen atoms in total. The van der Waals surface area contributed by atoms with Crippen molar-refractivity contribution in [2.75, 3.05) is 19.0 Å². The number of aromatic nitrogens is 1. The summed E-state index contributed by atoms with van der Waals surface area (Å²) in [5.41, 5.74) is 0.411. The standard InChI is InChI=1S/C21H20Cl2N2O6/c1-28-16-6-5-12-15(25-19-13(22)8-24-9-14(19)23)7-17(27)30-20(12)21(16)31-18-4-2-3-11(10-26)29-18/h5-9,11,18,26H,2-4,10H2,1H3,(H,24,25). The lowest BCUT2D eigenvalue weighted by atomic mass is 10.1. The molecule has 3 aromatic rings. The number of methoxy groups -OCH3 is 1. The smallest absolute Gasteiger partial charge is 0.338 e. The van der Waals surface area contributed by atoms with E-state index < -0.39 is 11.9 Å². The number of nitrogens with one attached hydrogen (secondary N) is 1. The van der Waals surface area contributed by atoms with Crippen LogP contribution in [0, 0.1) is 0 Å². The second-order valence-corrected chi connectivity index (χ2v) is 7.79. The number of fused-ring (bicyclic) bond motifs is 1. The van der Waals surface area contributed by atoms with Crippen molar-refractivity contribution in [1.29, 1.82) is 0 Å². The van der Waals surface area contributed by atoms with Crippen LogP contribution in [-0.4, -0.2) is 36.2 Å². The highest BCUT2D eigenvalue weighted by molar-refractivity contribution is 6.39. The maximum absolute atomic E-state index is 12.4. The molecule has 2 N–H and O–H groups in total. The lowest BCUT2D eigenvalue weighted by molar-refractivity contribution is -0.158. The van der Waals surface area contributed by atoms with Gasteiger partial charge in [0.25, 0.3) is 0 Å². The summed E-state index contributed by atoms with van der Waals surface area (Å²) in [6.45, 7) is -0.0941. The van der Waals surface area contributed by atoms with Crippen molar-refractivity contribution in [2.45, 2.75) is 31.7 Å². The summed E-state index contributed by atoms with van der Waals surface area (Å²) in [4.78, 5) is 16.3. The summed E-state index contributed by atoms with van der Waals surface area (Å²) in [6, 6.07) is 4.73. The van der Waals surface area contributed by atoms with Gasteiger partial charge in [-0.25, -0.2) is 4.79 Å². The second kappa shape index (κ2) is 9.32. The van der Waals surface area contributed by atoms with Crippen LogP contribution in [0.5, 0.6) is 11.5 Å². The number of hydrogen-bond donors (Lipinski definition) is 2. The number of pyridine rings is 1. The highest BCUT2D eigenvalue weighted by Crippen LogP contribution is 2.41. The Morgan fingerprint density at radius 2 is 2.03 bits per heavy atom. The highest BCUT2D eigenvalue weighted by Gasteiger charge is 2.26. The molecule has 1 aliphatic heterocycles.